The van der Waals surface area contributed by atoms with Crippen LogP contribution in [0, 0.1) is 12.8 Å². The first-order valence-electron chi connectivity index (χ1n) is 6.34. The second kappa shape index (κ2) is 4.49. The number of aromatic nitrogens is 2. The third-order valence-electron chi connectivity index (χ3n) is 3.55. The molecule has 1 aliphatic heterocycles. The fourth-order valence-electron chi connectivity index (χ4n) is 2.66. The molecule has 90 valence electrons. The van der Waals surface area contributed by atoms with Crippen LogP contribution in [0.15, 0.2) is 24.4 Å². The van der Waals surface area contributed by atoms with Crippen LogP contribution in [0.5, 0.6) is 0 Å². The molecule has 3 rings (SSSR count). The molecule has 0 saturated carbocycles. The number of aryl methyl sites for hydroxylation is 1. The average Bonchev–Trinajstić information content (AvgIpc) is 2.75. The lowest BCUT2D eigenvalue weighted by Crippen LogP contribution is -2.20. The summed E-state index contributed by atoms with van der Waals surface area (Å²) in [5.41, 5.74) is 2.45. The molecule has 2 aromatic rings. The van der Waals surface area contributed by atoms with Crippen molar-refractivity contribution in [2.45, 2.75) is 26.2 Å². The predicted octanol–water partition coefficient (Wildman–Crippen LogP) is 2.61. The second-order valence-electron chi connectivity index (χ2n) is 4.89. The molecule has 0 amide bonds. The minimum absolute atomic E-state index is 0.633. The molecular formula is C14H18N2O. The molecule has 17 heavy (non-hydrogen) atoms. The van der Waals surface area contributed by atoms with Crippen LogP contribution in [0.1, 0.15) is 24.4 Å². The normalized spacial score (nSPS) is 20.9. The van der Waals surface area contributed by atoms with Crippen LogP contribution in [0.3, 0.4) is 0 Å². The first kappa shape index (κ1) is 10.8. The lowest BCUT2D eigenvalue weighted by molar-refractivity contribution is 0.0542. The summed E-state index contributed by atoms with van der Waals surface area (Å²) in [5, 5.41) is 0. The predicted molar refractivity (Wildman–Crippen MR) is 67.2 cm³/mol. The van der Waals surface area contributed by atoms with E-state index in [2.05, 4.69) is 34.5 Å². The molecule has 3 heteroatoms. The third-order valence-corrected chi connectivity index (χ3v) is 3.55. The summed E-state index contributed by atoms with van der Waals surface area (Å²) in [5.74, 6) is 1.81. The topological polar surface area (TPSA) is 26.5 Å². The standard InChI is InChI=1S/C14H18N2O/c1-11-4-2-6-13-9-15-14(16(11)13)8-12-5-3-7-17-10-12/h2,4,6,9,12H,3,5,7-8,10H2,1H3. The minimum Gasteiger partial charge on any atom is -0.381 e. The van der Waals surface area contributed by atoms with Crippen molar-refractivity contribution in [2.75, 3.05) is 13.2 Å². The largest absolute Gasteiger partial charge is 0.381 e. The zero-order chi connectivity index (χ0) is 11.7. The van der Waals surface area contributed by atoms with Gasteiger partial charge in [-0.1, -0.05) is 6.07 Å². The van der Waals surface area contributed by atoms with Crippen molar-refractivity contribution >= 4 is 5.52 Å². The van der Waals surface area contributed by atoms with E-state index >= 15 is 0 Å². The van der Waals surface area contributed by atoms with Gasteiger partial charge in [0.15, 0.2) is 0 Å². The molecule has 3 heterocycles. The van der Waals surface area contributed by atoms with Crippen LogP contribution >= 0.6 is 0 Å². The van der Waals surface area contributed by atoms with Crippen LogP contribution < -0.4 is 0 Å². The number of nitrogens with zero attached hydrogens (tertiary/aromatic N) is 2. The highest BCUT2D eigenvalue weighted by Crippen LogP contribution is 2.20. The lowest BCUT2D eigenvalue weighted by Gasteiger charge is -2.21. The number of ether oxygens (including phenoxy) is 1. The summed E-state index contributed by atoms with van der Waals surface area (Å²) in [6.45, 7) is 3.95. The number of fused-ring (bicyclic) bond motifs is 1. The summed E-state index contributed by atoms with van der Waals surface area (Å²) in [7, 11) is 0. The maximum atomic E-state index is 5.54. The van der Waals surface area contributed by atoms with Crippen LogP contribution in [0.2, 0.25) is 0 Å². The Morgan fingerprint density at radius 1 is 1.47 bits per heavy atom. The summed E-state index contributed by atoms with van der Waals surface area (Å²) >= 11 is 0. The molecule has 2 aromatic heterocycles. The van der Waals surface area contributed by atoms with Gasteiger partial charge in [0.05, 0.1) is 11.7 Å². The number of imidazole rings is 1. The van der Waals surface area contributed by atoms with Crippen LogP contribution in [0.4, 0.5) is 0 Å². The van der Waals surface area contributed by atoms with Crippen molar-refractivity contribution in [1.82, 2.24) is 9.38 Å². The van der Waals surface area contributed by atoms with E-state index in [0.717, 1.165) is 19.6 Å². The van der Waals surface area contributed by atoms with Gasteiger partial charge in [-0.2, -0.15) is 0 Å². The maximum Gasteiger partial charge on any atom is 0.113 e. The summed E-state index contributed by atoms with van der Waals surface area (Å²) < 4.78 is 7.79. The van der Waals surface area contributed by atoms with E-state index in [4.69, 9.17) is 4.74 Å². The van der Waals surface area contributed by atoms with Gasteiger partial charge in [0.25, 0.3) is 0 Å². The van der Waals surface area contributed by atoms with E-state index < -0.39 is 0 Å². The van der Waals surface area contributed by atoms with Gasteiger partial charge in [0, 0.05) is 25.3 Å². The fourth-order valence-corrected chi connectivity index (χ4v) is 2.66. The van der Waals surface area contributed by atoms with Gasteiger partial charge >= 0.3 is 0 Å². The molecule has 0 bridgehead atoms. The Labute approximate surface area is 101 Å². The lowest BCUT2D eigenvalue weighted by atomic mass is 9.98. The maximum absolute atomic E-state index is 5.54. The van der Waals surface area contributed by atoms with Crippen molar-refractivity contribution in [1.29, 1.82) is 0 Å². The third kappa shape index (κ3) is 2.07. The number of hydrogen-bond donors (Lipinski definition) is 0. The molecule has 1 saturated heterocycles. The average molecular weight is 230 g/mol. The molecule has 3 nitrogen and oxygen atoms in total. The highest BCUT2D eigenvalue weighted by molar-refractivity contribution is 5.47. The first-order valence-corrected chi connectivity index (χ1v) is 6.34. The van der Waals surface area contributed by atoms with Crippen LogP contribution in [0.25, 0.3) is 5.52 Å². The summed E-state index contributed by atoms with van der Waals surface area (Å²) in [6.07, 6.45) is 5.44. The van der Waals surface area contributed by atoms with Crippen molar-refractivity contribution in [3.8, 4) is 0 Å². The quantitative estimate of drug-likeness (QED) is 0.792. The Bertz CT molecular complexity index is 512. The zero-order valence-corrected chi connectivity index (χ0v) is 10.2. The van der Waals surface area contributed by atoms with Gasteiger partial charge in [-0.05, 0) is 37.8 Å². The molecule has 0 radical (unpaired) electrons. The Balaban J connectivity index is 1.89. The van der Waals surface area contributed by atoms with E-state index in [1.807, 2.05) is 6.20 Å². The van der Waals surface area contributed by atoms with Crippen LogP contribution in [-0.4, -0.2) is 22.6 Å². The monoisotopic (exact) mass is 230 g/mol. The number of pyridine rings is 1. The Morgan fingerprint density at radius 2 is 2.41 bits per heavy atom. The highest BCUT2D eigenvalue weighted by atomic mass is 16.5. The molecule has 1 unspecified atom stereocenters. The SMILES string of the molecule is Cc1cccc2cnc(CC3CCCOC3)n12. The van der Waals surface area contributed by atoms with Gasteiger partial charge in [0.2, 0.25) is 0 Å². The van der Waals surface area contributed by atoms with E-state index in [-0.39, 0.29) is 0 Å². The fraction of sp³-hybridized carbons (Fsp3) is 0.500. The Morgan fingerprint density at radius 3 is 3.24 bits per heavy atom. The van der Waals surface area contributed by atoms with E-state index in [1.54, 1.807) is 0 Å². The van der Waals surface area contributed by atoms with Crippen molar-refractivity contribution in [2.24, 2.45) is 5.92 Å². The van der Waals surface area contributed by atoms with Gasteiger partial charge in [-0.3, -0.25) is 0 Å². The Hall–Kier alpha value is -1.35. The molecule has 0 spiro atoms. The van der Waals surface area contributed by atoms with E-state index in [9.17, 15) is 0 Å². The minimum atomic E-state index is 0.633. The van der Waals surface area contributed by atoms with Gasteiger partial charge in [0.1, 0.15) is 5.82 Å². The summed E-state index contributed by atoms with van der Waals surface area (Å²) in [6, 6.07) is 6.33. The molecule has 0 N–H and O–H groups in total. The smallest absolute Gasteiger partial charge is 0.113 e. The molecule has 0 aromatic carbocycles. The molecule has 1 aliphatic rings. The number of rotatable bonds is 2. The molecule has 1 atom stereocenters. The first-order chi connectivity index (χ1) is 8.34. The van der Waals surface area contributed by atoms with Gasteiger partial charge < -0.3 is 9.14 Å². The Kier molecular flexibility index (Phi) is 2.85. The van der Waals surface area contributed by atoms with E-state index in [0.29, 0.717) is 5.92 Å². The van der Waals surface area contributed by atoms with E-state index in [1.165, 1.54) is 29.9 Å². The van der Waals surface area contributed by atoms with Crippen molar-refractivity contribution < 1.29 is 4.74 Å². The molecular weight excluding hydrogens is 212 g/mol. The van der Waals surface area contributed by atoms with Gasteiger partial charge in [-0.25, -0.2) is 4.98 Å². The number of hydrogen-bond acceptors (Lipinski definition) is 2. The van der Waals surface area contributed by atoms with Crippen molar-refractivity contribution in [3.05, 3.63) is 35.9 Å². The van der Waals surface area contributed by atoms with Crippen LogP contribution in [-0.2, 0) is 11.2 Å². The van der Waals surface area contributed by atoms with Gasteiger partial charge in [-0.15, -0.1) is 0 Å². The highest BCUT2D eigenvalue weighted by Gasteiger charge is 2.17. The van der Waals surface area contributed by atoms with Crippen molar-refractivity contribution in [3.63, 3.8) is 0 Å². The summed E-state index contributed by atoms with van der Waals surface area (Å²) in [4.78, 5) is 4.56. The molecule has 1 fully saturated rings. The molecule has 0 aliphatic carbocycles. The zero-order valence-electron chi connectivity index (χ0n) is 10.2. The second-order valence-corrected chi connectivity index (χ2v) is 4.89.